The molecular weight excluding hydrogens is 284 g/mol. The van der Waals surface area contributed by atoms with Crippen molar-refractivity contribution in [3.05, 3.63) is 29.8 Å². The number of likely N-dealkylation sites (N-methyl/N-ethyl adjacent to an activating group) is 1. The van der Waals surface area contributed by atoms with Gasteiger partial charge >= 0.3 is 0 Å². The lowest BCUT2D eigenvalue weighted by Crippen LogP contribution is -2.39. The summed E-state index contributed by atoms with van der Waals surface area (Å²) in [5, 5.41) is 14.6. The fraction of sp³-hybridized carbons (Fsp3) is 0.400. The second kappa shape index (κ2) is 9.06. The van der Waals surface area contributed by atoms with E-state index in [-0.39, 0.29) is 4.99 Å². The van der Waals surface area contributed by atoms with Crippen molar-refractivity contribution in [2.45, 2.75) is 13.8 Å². The average molecular weight is 304 g/mol. The number of para-hydroxylation sites is 1. The van der Waals surface area contributed by atoms with Crippen LogP contribution in [0.25, 0.3) is 0 Å². The highest BCUT2D eigenvalue weighted by Crippen LogP contribution is 2.13. The Labute approximate surface area is 130 Å². The molecular formula is C15H20N4OS. The number of nitriles is 1. The second-order valence-electron chi connectivity index (χ2n) is 4.39. The van der Waals surface area contributed by atoms with Crippen LogP contribution in [0.2, 0.25) is 0 Å². The quantitative estimate of drug-likeness (QED) is 0.784. The van der Waals surface area contributed by atoms with Crippen LogP contribution < -0.4 is 10.6 Å². The summed E-state index contributed by atoms with van der Waals surface area (Å²) in [6, 6.07) is 8.85. The summed E-state index contributed by atoms with van der Waals surface area (Å²) in [4.78, 5) is 14.3. The largest absolute Gasteiger partial charge is 0.370 e. The minimum atomic E-state index is -0.396. The monoisotopic (exact) mass is 304 g/mol. The number of amides is 1. The molecule has 0 aromatic heterocycles. The summed E-state index contributed by atoms with van der Waals surface area (Å²) in [5.41, 5.74) is 0.884. The lowest BCUT2D eigenvalue weighted by atomic mass is 10.2. The third-order valence-corrected chi connectivity index (χ3v) is 3.44. The molecule has 0 atom stereocenters. The molecule has 0 spiro atoms. The standard InChI is InChI=1S/C15H20N4OS/c1-3-19(4-2)10-9-17-15(21)14(20)18-13-8-6-5-7-12(13)11-16/h5-8H,3-4,9-10H2,1-2H3,(H,17,21)(H,18,20). The van der Waals surface area contributed by atoms with E-state index in [1.165, 1.54) is 0 Å². The van der Waals surface area contributed by atoms with E-state index < -0.39 is 5.91 Å². The molecule has 0 fully saturated rings. The third kappa shape index (κ3) is 5.50. The zero-order valence-corrected chi connectivity index (χ0v) is 13.2. The van der Waals surface area contributed by atoms with Gasteiger partial charge in [-0.25, -0.2) is 0 Å². The Hall–Kier alpha value is -1.97. The fourth-order valence-corrected chi connectivity index (χ4v) is 1.97. The van der Waals surface area contributed by atoms with Gasteiger partial charge in [-0.3, -0.25) is 4.79 Å². The molecule has 0 aliphatic carbocycles. The maximum atomic E-state index is 12.0. The van der Waals surface area contributed by atoms with Crippen LogP contribution >= 0.6 is 12.2 Å². The lowest BCUT2D eigenvalue weighted by Gasteiger charge is -2.18. The molecule has 1 rings (SSSR count). The van der Waals surface area contributed by atoms with Crippen molar-refractivity contribution in [1.29, 1.82) is 5.26 Å². The van der Waals surface area contributed by atoms with Crippen LogP contribution in [0.4, 0.5) is 5.69 Å². The van der Waals surface area contributed by atoms with Crippen molar-refractivity contribution in [3.8, 4) is 6.07 Å². The van der Waals surface area contributed by atoms with E-state index in [0.29, 0.717) is 17.8 Å². The molecule has 0 unspecified atom stereocenters. The van der Waals surface area contributed by atoms with Crippen LogP contribution in [0.3, 0.4) is 0 Å². The van der Waals surface area contributed by atoms with Crippen LogP contribution in [0.15, 0.2) is 24.3 Å². The number of nitrogens with zero attached hydrogens (tertiary/aromatic N) is 2. The Morgan fingerprint density at radius 1 is 1.33 bits per heavy atom. The minimum Gasteiger partial charge on any atom is -0.370 e. The Bertz CT molecular complexity index is 535. The fourth-order valence-electron chi connectivity index (χ4n) is 1.82. The Balaban J connectivity index is 2.48. The molecule has 1 aromatic carbocycles. The number of benzene rings is 1. The lowest BCUT2D eigenvalue weighted by molar-refractivity contribution is -0.110. The normalized spacial score (nSPS) is 10.0. The van der Waals surface area contributed by atoms with E-state index in [1.807, 2.05) is 6.07 Å². The van der Waals surface area contributed by atoms with Crippen LogP contribution in [0, 0.1) is 11.3 Å². The van der Waals surface area contributed by atoms with Gasteiger partial charge in [0.1, 0.15) is 6.07 Å². The van der Waals surface area contributed by atoms with Crippen LogP contribution in [0.5, 0.6) is 0 Å². The van der Waals surface area contributed by atoms with E-state index in [1.54, 1.807) is 24.3 Å². The highest BCUT2D eigenvalue weighted by Gasteiger charge is 2.11. The maximum absolute atomic E-state index is 12.0. The minimum absolute atomic E-state index is 0.134. The number of hydrogen-bond donors (Lipinski definition) is 2. The zero-order chi connectivity index (χ0) is 15.7. The van der Waals surface area contributed by atoms with Gasteiger partial charge in [0.25, 0.3) is 5.91 Å². The number of carbonyl (C=O) groups excluding carboxylic acids is 1. The Morgan fingerprint density at radius 2 is 2.00 bits per heavy atom. The van der Waals surface area contributed by atoms with Crippen molar-refractivity contribution in [1.82, 2.24) is 10.2 Å². The molecule has 1 amide bonds. The van der Waals surface area contributed by atoms with Gasteiger partial charge < -0.3 is 15.5 Å². The predicted octanol–water partition coefficient (Wildman–Crippen LogP) is 1.76. The molecule has 0 saturated carbocycles. The molecule has 112 valence electrons. The van der Waals surface area contributed by atoms with E-state index in [2.05, 4.69) is 29.4 Å². The van der Waals surface area contributed by atoms with Crippen molar-refractivity contribution in [3.63, 3.8) is 0 Å². The van der Waals surface area contributed by atoms with Gasteiger partial charge in [0.05, 0.1) is 11.3 Å². The number of hydrogen-bond acceptors (Lipinski definition) is 4. The number of carbonyl (C=O) groups is 1. The molecule has 1 aromatic rings. The number of thiocarbonyl (C=S) groups is 1. The van der Waals surface area contributed by atoms with Crippen molar-refractivity contribution in [2.24, 2.45) is 0 Å². The molecule has 0 bridgehead atoms. The molecule has 2 N–H and O–H groups in total. The molecule has 6 heteroatoms. The first-order valence-electron chi connectivity index (χ1n) is 6.93. The summed E-state index contributed by atoms with van der Waals surface area (Å²) in [7, 11) is 0. The highest BCUT2D eigenvalue weighted by atomic mass is 32.1. The first-order chi connectivity index (χ1) is 10.1. The first-order valence-corrected chi connectivity index (χ1v) is 7.33. The second-order valence-corrected chi connectivity index (χ2v) is 4.80. The SMILES string of the molecule is CCN(CC)CCNC(=S)C(=O)Nc1ccccc1C#N. The van der Waals surface area contributed by atoms with Gasteiger partial charge in [-0.15, -0.1) is 0 Å². The average Bonchev–Trinajstić information content (AvgIpc) is 2.51. The number of rotatable bonds is 6. The van der Waals surface area contributed by atoms with Crippen LogP contribution in [0.1, 0.15) is 19.4 Å². The summed E-state index contributed by atoms with van der Waals surface area (Å²) < 4.78 is 0. The van der Waals surface area contributed by atoms with Gasteiger partial charge in [0.15, 0.2) is 4.99 Å². The van der Waals surface area contributed by atoms with E-state index in [9.17, 15) is 4.79 Å². The summed E-state index contributed by atoms with van der Waals surface area (Å²) in [6.45, 7) is 7.56. The smallest absolute Gasteiger partial charge is 0.283 e. The molecule has 0 heterocycles. The summed E-state index contributed by atoms with van der Waals surface area (Å²) in [5.74, 6) is -0.396. The third-order valence-electron chi connectivity index (χ3n) is 3.11. The molecule has 0 saturated heterocycles. The molecule has 0 aliphatic heterocycles. The molecule has 21 heavy (non-hydrogen) atoms. The van der Waals surface area contributed by atoms with Gasteiger partial charge in [-0.2, -0.15) is 5.26 Å². The topological polar surface area (TPSA) is 68.2 Å². The first kappa shape index (κ1) is 17.1. The maximum Gasteiger partial charge on any atom is 0.283 e. The van der Waals surface area contributed by atoms with Crippen molar-refractivity contribution >= 4 is 28.8 Å². The van der Waals surface area contributed by atoms with E-state index >= 15 is 0 Å². The predicted molar refractivity (Wildman–Crippen MR) is 88.2 cm³/mol. The van der Waals surface area contributed by atoms with E-state index in [0.717, 1.165) is 19.6 Å². The summed E-state index contributed by atoms with van der Waals surface area (Å²) in [6.07, 6.45) is 0. The van der Waals surface area contributed by atoms with Gasteiger partial charge in [-0.05, 0) is 25.2 Å². The highest BCUT2D eigenvalue weighted by molar-refractivity contribution is 7.82. The molecule has 0 aliphatic rings. The van der Waals surface area contributed by atoms with Crippen molar-refractivity contribution < 1.29 is 4.79 Å². The number of nitrogens with one attached hydrogen (secondary N) is 2. The Morgan fingerprint density at radius 3 is 2.62 bits per heavy atom. The summed E-state index contributed by atoms with van der Waals surface area (Å²) >= 11 is 5.06. The van der Waals surface area contributed by atoms with E-state index in [4.69, 9.17) is 17.5 Å². The molecule has 0 radical (unpaired) electrons. The zero-order valence-electron chi connectivity index (χ0n) is 12.3. The molecule has 5 nitrogen and oxygen atoms in total. The van der Waals surface area contributed by atoms with Gasteiger partial charge in [0.2, 0.25) is 0 Å². The Kier molecular flexibility index (Phi) is 7.37. The van der Waals surface area contributed by atoms with Gasteiger partial charge in [0, 0.05) is 13.1 Å². The van der Waals surface area contributed by atoms with Crippen LogP contribution in [-0.2, 0) is 4.79 Å². The van der Waals surface area contributed by atoms with Gasteiger partial charge in [-0.1, -0.05) is 38.2 Å². The number of anilines is 1. The van der Waals surface area contributed by atoms with Crippen LogP contribution in [-0.4, -0.2) is 42.0 Å². The van der Waals surface area contributed by atoms with Crippen molar-refractivity contribution in [2.75, 3.05) is 31.5 Å².